The second kappa shape index (κ2) is 11.7. The summed E-state index contributed by atoms with van der Waals surface area (Å²) in [6, 6.07) is 20.2. The lowest BCUT2D eigenvalue weighted by atomic mass is 9.85. The fourth-order valence-corrected chi connectivity index (χ4v) is 7.24. The third kappa shape index (κ3) is 5.19. The number of rotatable bonds is 7. The monoisotopic (exact) mass is 670 g/mol. The number of halogens is 2. The smallest absolute Gasteiger partial charge is 0.220 e. The summed E-state index contributed by atoms with van der Waals surface area (Å²) in [5.41, 5.74) is 4.78. The van der Waals surface area contributed by atoms with Crippen LogP contribution in [-0.2, 0) is 0 Å². The summed E-state index contributed by atoms with van der Waals surface area (Å²) in [6.07, 6.45) is 0. The number of aromatic hydroxyl groups is 3. The number of para-hydroxylation sites is 1. The zero-order valence-electron chi connectivity index (χ0n) is 24.3. The summed E-state index contributed by atoms with van der Waals surface area (Å²) < 4.78 is 16.6. The van der Waals surface area contributed by atoms with E-state index in [9.17, 15) is 19.7 Å². The molecule has 0 saturated carbocycles. The van der Waals surface area contributed by atoms with Crippen molar-refractivity contribution < 1.29 is 19.7 Å². The molecule has 7 rings (SSSR count). The predicted molar refractivity (Wildman–Crippen MR) is 176 cm³/mol. The van der Waals surface area contributed by atoms with Crippen LogP contribution in [0.3, 0.4) is 0 Å². The molecule has 0 aliphatic rings. The van der Waals surface area contributed by atoms with E-state index in [4.69, 9.17) is 11.6 Å². The van der Waals surface area contributed by atoms with E-state index in [1.54, 1.807) is 79.2 Å². The van der Waals surface area contributed by atoms with Crippen LogP contribution in [0, 0.1) is 19.7 Å². The molecule has 9 nitrogen and oxygen atoms in total. The van der Waals surface area contributed by atoms with E-state index >= 15 is 0 Å². The van der Waals surface area contributed by atoms with Crippen LogP contribution in [0.4, 0.5) is 4.39 Å². The molecule has 0 fully saturated rings. The van der Waals surface area contributed by atoms with Crippen molar-refractivity contribution in [2.24, 2.45) is 0 Å². The van der Waals surface area contributed by atoms with E-state index in [1.165, 1.54) is 44.2 Å². The van der Waals surface area contributed by atoms with Gasteiger partial charge in [0.1, 0.15) is 11.6 Å². The van der Waals surface area contributed by atoms with Gasteiger partial charge in [0.25, 0.3) is 0 Å². The number of aryl methyl sites for hydroxylation is 2. The molecule has 1 unspecified atom stereocenters. The molecular weight excluding hydrogens is 647 g/mol. The molecule has 13 heteroatoms. The molecule has 3 aromatic carbocycles. The molecule has 0 amide bonds. The Morgan fingerprint density at radius 3 is 1.98 bits per heavy atom. The fraction of sp³-hybridized carbons (Fsp3) is 0.0909. The van der Waals surface area contributed by atoms with Crippen molar-refractivity contribution >= 4 is 34.3 Å². The first-order valence-corrected chi connectivity index (χ1v) is 16.1. The normalized spacial score (nSPS) is 12.1. The van der Waals surface area contributed by atoms with Crippen LogP contribution >= 0.6 is 34.3 Å². The minimum atomic E-state index is -0.735. The number of phenolic OH excluding ortho intramolecular Hbond substituents is 1. The first kappa shape index (κ1) is 29.7. The molecule has 46 heavy (non-hydrogen) atoms. The van der Waals surface area contributed by atoms with Gasteiger partial charge in [-0.15, -0.1) is 22.7 Å². The summed E-state index contributed by atoms with van der Waals surface area (Å²) in [4.78, 5) is 9.26. The molecule has 0 aliphatic carbocycles. The number of hydrogen-bond donors (Lipinski definition) is 3. The maximum absolute atomic E-state index is 13.9. The standard InChI is InChI=1S/C33H24ClFN6O3S2/c1-17-27(30(43)40(38-17)32-36-24(15-45-32)19-7-6-10-22(35)14-19)29(20-8-5-9-21(34)13-20)28-18(2)39-41(31(28)44)33-37-25(16-46-33)23-11-3-4-12-26(23)42/h3-16,29,42-44H,1-2H3. The van der Waals surface area contributed by atoms with Gasteiger partial charge in [0, 0.05) is 44.0 Å². The van der Waals surface area contributed by atoms with Gasteiger partial charge in [-0.1, -0.05) is 48.0 Å². The van der Waals surface area contributed by atoms with Gasteiger partial charge in [-0.2, -0.15) is 19.6 Å². The average Bonchev–Trinajstić information content (AvgIpc) is 3.82. The van der Waals surface area contributed by atoms with Gasteiger partial charge in [0.05, 0.1) is 22.8 Å². The molecule has 4 aromatic heterocycles. The molecule has 0 saturated heterocycles. The molecule has 0 radical (unpaired) electrons. The van der Waals surface area contributed by atoms with Crippen molar-refractivity contribution in [3.05, 3.63) is 122 Å². The highest BCUT2D eigenvalue weighted by Crippen LogP contribution is 2.46. The molecular formula is C33H24ClFN6O3S2. The van der Waals surface area contributed by atoms with Gasteiger partial charge in [0.15, 0.2) is 0 Å². The molecule has 0 bridgehead atoms. The molecule has 4 heterocycles. The summed E-state index contributed by atoms with van der Waals surface area (Å²) >= 11 is 8.95. The number of nitrogens with zero attached hydrogens (tertiary/aromatic N) is 6. The first-order chi connectivity index (χ1) is 22.2. The topological polar surface area (TPSA) is 122 Å². The van der Waals surface area contributed by atoms with Crippen molar-refractivity contribution in [3.63, 3.8) is 0 Å². The Morgan fingerprint density at radius 1 is 0.739 bits per heavy atom. The van der Waals surface area contributed by atoms with Gasteiger partial charge in [-0.3, -0.25) is 0 Å². The van der Waals surface area contributed by atoms with Crippen LogP contribution in [0.15, 0.2) is 83.6 Å². The Morgan fingerprint density at radius 2 is 1.35 bits per heavy atom. The Kier molecular flexibility index (Phi) is 7.55. The fourth-order valence-electron chi connectivity index (χ4n) is 5.48. The lowest BCUT2D eigenvalue weighted by Gasteiger charge is -2.18. The third-order valence-corrected chi connectivity index (χ3v) is 9.44. The zero-order chi connectivity index (χ0) is 32.1. The van der Waals surface area contributed by atoms with Gasteiger partial charge in [0.2, 0.25) is 22.0 Å². The van der Waals surface area contributed by atoms with Crippen LogP contribution in [-0.4, -0.2) is 44.8 Å². The van der Waals surface area contributed by atoms with Crippen molar-refractivity contribution in [1.29, 1.82) is 0 Å². The number of thiazole rings is 2. The predicted octanol–water partition coefficient (Wildman–Crippen LogP) is 8.01. The van der Waals surface area contributed by atoms with Crippen molar-refractivity contribution in [2.75, 3.05) is 0 Å². The van der Waals surface area contributed by atoms with Crippen molar-refractivity contribution in [3.8, 4) is 50.3 Å². The van der Waals surface area contributed by atoms with E-state index in [-0.39, 0.29) is 23.3 Å². The highest BCUT2D eigenvalue weighted by Gasteiger charge is 2.34. The Hall–Kier alpha value is -5.04. The quantitative estimate of drug-likeness (QED) is 0.157. The Balaban J connectivity index is 1.35. The molecule has 1 atom stereocenters. The molecule has 7 aromatic rings. The van der Waals surface area contributed by atoms with E-state index in [0.717, 1.165) is 0 Å². The van der Waals surface area contributed by atoms with Crippen LogP contribution in [0.2, 0.25) is 5.02 Å². The van der Waals surface area contributed by atoms with E-state index in [2.05, 4.69) is 20.2 Å². The van der Waals surface area contributed by atoms with Crippen molar-refractivity contribution in [2.45, 2.75) is 19.8 Å². The SMILES string of the molecule is Cc1nn(-c2nc(-c3cccc(F)c3)cs2)c(O)c1C(c1cccc(Cl)c1)c1c(C)nn(-c2nc(-c3ccccc3O)cs2)c1O. The summed E-state index contributed by atoms with van der Waals surface area (Å²) in [6.45, 7) is 3.53. The largest absolute Gasteiger partial charge is 0.507 e. The lowest BCUT2D eigenvalue weighted by molar-refractivity contribution is 0.420. The highest BCUT2D eigenvalue weighted by atomic mass is 35.5. The van der Waals surface area contributed by atoms with Crippen molar-refractivity contribution in [1.82, 2.24) is 29.5 Å². The van der Waals surface area contributed by atoms with Gasteiger partial charge < -0.3 is 15.3 Å². The summed E-state index contributed by atoms with van der Waals surface area (Å²) in [5.74, 6) is -1.37. The van der Waals surface area contributed by atoms with E-state index < -0.39 is 5.92 Å². The maximum atomic E-state index is 13.9. The number of hydrogen-bond acceptors (Lipinski definition) is 9. The van der Waals surface area contributed by atoms with E-state index in [1.807, 2.05) is 6.07 Å². The Labute approximate surface area is 275 Å². The second-order valence-electron chi connectivity index (χ2n) is 10.5. The highest BCUT2D eigenvalue weighted by molar-refractivity contribution is 7.12. The second-order valence-corrected chi connectivity index (χ2v) is 12.6. The Bertz CT molecular complexity index is 2240. The minimum absolute atomic E-state index is 0.0909. The molecule has 0 spiro atoms. The number of aromatic nitrogens is 6. The lowest BCUT2D eigenvalue weighted by Crippen LogP contribution is -2.06. The van der Waals surface area contributed by atoms with Crippen LogP contribution in [0.5, 0.6) is 17.5 Å². The first-order valence-electron chi connectivity index (χ1n) is 14.0. The molecule has 0 aliphatic heterocycles. The molecule has 3 N–H and O–H groups in total. The summed E-state index contributed by atoms with van der Waals surface area (Å²) in [7, 11) is 0. The number of benzene rings is 3. The third-order valence-electron chi connectivity index (χ3n) is 7.57. The van der Waals surface area contributed by atoms with Gasteiger partial charge >= 0.3 is 0 Å². The molecule has 230 valence electrons. The van der Waals surface area contributed by atoms with Crippen LogP contribution in [0.25, 0.3) is 32.8 Å². The maximum Gasteiger partial charge on any atom is 0.220 e. The zero-order valence-corrected chi connectivity index (χ0v) is 26.6. The van der Waals surface area contributed by atoms with Gasteiger partial charge in [-0.05, 0) is 55.8 Å². The van der Waals surface area contributed by atoms with Gasteiger partial charge in [-0.25, -0.2) is 14.4 Å². The van der Waals surface area contributed by atoms with Crippen LogP contribution in [0.1, 0.15) is 34.0 Å². The number of phenols is 1. The minimum Gasteiger partial charge on any atom is -0.507 e. The van der Waals surface area contributed by atoms with E-state index in [0.29, 0.717) is 65.9 Å². The summed E-state index contributed by atoms with van der Waals surface area (Å²) in [5, 5.41) is 47.9. The average molecular weight is 671 g/mol. The van der Waals surface area contributed by atoms with Crippen LogP contribution < -0.4 is 0 Å².